The monoisotopic (exact) mass is 289 g/mol. The highest BCUT2D eigenvalue weighted by atomic mass is 35.5. The molecule has 0 aliphatic rings. The summed E-state index contributed by atoms with van der Waals surface area (Å²) >= 11 is 5.68. The summed E-state index contributed by atoms with van der Waals surface area (Å²) in [7, 11) is 0. The minimum Gasteiger partial charge on any atom is -0.437 e. The Morgan fingerprint density at radius 3 is 2.53 bits per heavy atom. The van der Waals surface area contributed by atoms with Gasteiger partial charge in [-0.2, -0.15) is 18.2 Å². The van der Waals surface area contributed by atoms with E-state index in [2.05, 4.69) is 9.97 Å². The van der Waals surface area contributed by atoms with Gasteiger partial charge in [0.2, 0.25) is 5.88 Å². The highest BCUT2D eigenvalue weighted by molar-refractivity contribution is 6.30. The quantitative estimate of drug-likeness (QED) is 0.919. The molecule has 0 amide bonds. The van der Waals surface area contributed by atoms with Crippen LogP contribution in [-0.2, 0) is 6.18 Å². The lowest BCUT2D eigenvalue weighted by Crippen LogP contribution is -2.07. The van der Waals surface area contributed by atoms with Crippen molar-refractivity contribution in [1.29, 1.82) is 0 Å². The smallest absolute Gasteiger partial charge is 0.416 e. The average Bonchev–Trinajstić information content (AvgIpc) is 2.26. The van der Waals surface area contributed by atoms with Crippen molar-refractivity contribution in [1.82, 2.24) is 9.97 Å². The first-order valence-corrected chi connectivity index (χ1v) is 5.35. The summed E-state index contributed by atoms with van der Waals surface area (Å²) in [6, 6.07) is 2.87. The Hall–Kier alpha value is -2.02. The van der Waals surface area contributed by atoms with Crippen molar-refractivity contribution in [2.24, 2.45) is 0 Å². The van der Waals surface area contributed by atoms with E-state index in [0.717, 1.165) is 12.1 Å². The fourth-order valence-electron chi connectivity index (χ4n) is 1.31. The molecule has 2 rings (SSSR count). The highest BCUT2D eigenvalue weighted by Crippen LogP contribution is 2.33. The Morgan fingerprint density at radius 2 is 1.89 bits per heavy atom. The number of nitrogens with two attached hydrogens (primary N) is 1. The number of nitrogen functional groups attached to an aromatic ring is 1. The van der Waals surface area contributed by atoms with Gasteiger partial charge in [0.05, 0.1) is 16.8 Å². The standard InChI is InChI=1S/C11H7ClF3N3O/c12-7-3-8(5-17-4-7)19-10-2-6(11(13,14)15)1-9(16)18-10/h1-5H,(H2,16,18). The lowest BCUT2D eigenvalue weighted by Gasteiger charge is -2.10. The number of rotatable bonds is 2. The van der Waals surface area contributed by atoms with Crippen LogP contribution in [-0.4, -0.2) is 9.97 Å². The van der Waals surface area contributed by atoms with Crippen molar-refractivity contribution in [2.75, 3.05) is 5.73 Å². The molecule has 0 spiro atoms. The highest BCUT2D eigenvalue weighted by Gasteiger charge is 2.31. The minimum atomic E-state index is -4.53. The number of anilines is 1. The second-order valence-corrected chi connectivity index (χ2v) is 3.99. The molecule has 0 saturated heterocycles. The van der Waals surface area contributed by atoms with E-state index in [-0.39, 0.29) is 22.5 Å². The van der Waals surface area contributed by atoms with Crippen LogP contribution in [0.2, 0.25) is 5.02 Å². The van der Waals surface area contributed by atoms with Gasteiger partial charge in [-0.25, -0.2) is 0 Å². The van der Waals surface area contributed by atoms with Crippen molar-refractivity contribution in [3.05, 3.63) is 41.2 Å². The zero-order valence-electron chi connectivity index (χ0n) is 9.28. The van der Waals surface area contributed by atoms with E-state index in [4.69, 9.17) is 22.1 Å². The molecular weight excluding hydrogens is 283 g/mol. The van der Waals surface area contributed by atoms with Crippen LogP contribution in [0.3, 0.4) is 0 Å². The molecule has 0 atom stereocenters. The maximum atomic E-state index is 12.6. The molecular formula is C11H7ClF3N3O. The Kier molecular flexibility index (Phi) is 3.48. The zero-order chi connectivity index (χ0) is 14.0. The van der Waals surface area contributed by atoms with Crippen LogP contribution in [0.5, 0.6) is 11.6 Å². The van der Waals surface area contributed by atoms with Gasteiger partial charge in [0, 0.05) is 18.3 Å². The Morgan fingerprint density at radius 1 is 1.16 bits per heavy atom. The molecule has 2 aromatic rings. The third-order valence-electron chi connectivity index (χ3n) is 2.05. The van der Waals surface area contributed by atoms with Gasteiger partial charge in [0.15, 0.2) is 0 Å². The lowest BCUT2D eigenvalue weighted by molar-refractivity contribution is -0.137. The third-order valence-corrected chi connectivity index (χ3v) is 2.26. The first kappa shape index (κ1) is 13.4. The van der Waals surface area contributed by atoms with Crippen molar-refractivity contribution in [3.8, 4) is 11.6 Å². The minimum absolute atomic E-state index is 0.165. The molecule has 0 aliphatic carbocycles. The molecule has 2 N–H and O–H groups in total. The van der Waals surface area contributed by atoms with Crippen molar-refractivity contribution < 1.29 is 17.9 Å². The molecule has 8 heteroatoms. The van der Waals surface area contributed by atoms with Crippen LogP contribution in [0.4, 0.5) is 19.0 Å². The fraction of sp³-hybridized carbons (Fsp3) is 0.0909. The fourth-order valence-corrected chi connectivity index (χ4v) is 1.47. The van der Waals surface area contributed by atoms with Gasteiger partial charge in [-0.15, -0.1) is 0 Å². The summed E-state index contributed by atoms with van der Waals surface area (Å²) in [5.41, 5.74) is 4.37. The van der Waals surface area contributed by atoms with Crippen molar-refractivity contribution >= 4 is 17.4 Å². The predicted octanol–water partition coefficient (Wildman–Crippen LogP) is 3.52. The van der Waals surface area contributed by atoms with Gasteiger partial charge in [-0.1, -0.05) is 11.6 Å². The Bertz CT molecular complexity index is 604. The van der Waals surface area contributed by atoms with Gasteiger partial charge >= 0.3 is 6.18 Å². The number of hydrogen-bond acceptors (Lipinski definition) is 4. The molecule has 100 valence electrons. The number of alkyl halides is 3. The van der Waals surface area contributed by atoms with Crippen LogP contribution in [0.1, 0.15) is 5.56 Å². The van der Waals surface area contributed by atoms with E-state index >= 15 is 0 Å². The molecule has 0 fully saturated rings. The number of ether oxygens (including phenoxy) is 1. The van der Waals surface area contributed by atoms with Crippen LogP contribution >= 0.6 is 11.6 Å². The van der Waals surface area contributed by atoms with Crippen molar-refractivity contribution in [3.63, 3.8) is 0 Å². The summed E-state index contributed by atoms with van der Waals surface area (Å²) in [5.74, 6) is -0.407. The van der Waals surface area contributed by atoms with Crippen LogP contribution in [0.25, 0.3) is 0 Å². The average molecular weight is 290 g/mol. The molecule has 2 heterocycles. The zero-order valence-corrected chi connectivity index (χ0v) is 10.0. The molecule has 0 bridgehead atoms. The second-order valence-electron chi connectivity index (χ2n) is 3.56. The van der Waals surface area contributed by atoms with Gasteiger partial charge in [-0.05, 0) is 6.07 Å². The van der Waals surface area contributed by atoms with E-state index in [9.17, 15) is 13.2 Å². The van der Waals surface area contributed by atoms with E-state index in [1.807, 2.05) is 0 Å². The first-order valence-electron chi connectivity index (χ1n) is 4.98. The summed E-state index contributed by atoms with van der Waals surface area (Å²) < 4.78 is 42.9. The normalized spacial score (nSPS) is 11.4. The van der Waals surface area contributed by atoms with E-state index in [0.29, 0.717) is 0 Å². The molecule has 0 unspecified atom stereocenters. The van der Waals surface area contributed by atoms with Crippen molar-refractivity contribution in [2.45, 2.75) is 6.18 Å². The topological polar surface area (TPSA) is 61.0 Å². The predicted molar refractivity (Wildman–Crippen MR) is 63.0 cm³/mol. The number of nitrogens with zero attached hydrogens (tertiary/aromatic N) is 2. The number of pyridine rings is 2. The molecule has 4 nitrogen and oxygen atoms in total. The second kappa shape index (κ2) is 4.93. The van der Waals surface area contributed by atoms with Crippen LogP contribution < -0.4 is 10.5 Å². The largest absolute Gasteiger partial charge is 0.437 e. The molecule has 0 aliphatic heterocycles. The van der Waals surface area contributed by atoms with E-state index in [1.165, 1.54) is 18.5 Å². The van der Waals surface area contributed by atoms with Crippen LogP contribution in [0.15, 0.2) is 30.6 Å². The van der Waals surface area contributed by atoms with E-state index in [1.54, 1.807) is 0 Å². The maximum absolute atomic E-state index is 12.6. The van der Waals surface area contributed by atoms with E-state index < -0.39 is 11.7 Å². The lowest BCUT2D eigenvalue weighted by atomic mass is 10.2. The summed E-state index contributed by atoms with van der Waals surface area (Å²) in [6.07, 6.45) is -1.87. The molecule has 2 aromatic heterocycles. The summed E-state index contributed by atoms with van der Waals surface area (Å²) in [4.78, 5) is 7.39. The SMILES string of the molecule is Nc1cc(C(F)(F)F)cc(Oc2cncc(Cl)c2)n1. The van der Waals surface area contributed by atoms with Gasteiger partial charge in [-0.3, -0.25) is 4.98 Å². The first-order chi connectivity index (χ1) is 8.84. The number of hydrogen-bond donors (Lipinski definition) is 1. The van der Waals surface area contributed by atoms with Gasteiger partial charge < -0.3 is 10.5 Å². The Balaban J connectivity index is 2.33. The number of aromatic nitrogens is 2. The summed E-state index contributed by atoms with van der Waals surface area (Å²) in [5, 5.41) is 0.289. The van der Waals surface area contributed by atoms with Crippen LogP contribution in [0, 0.1) is 0 Å². The summed E-state index contributed by atoms with van der Waals surface area (Å²) in [6.45, 7) is 0. The Labute approximate surface area is 111 Å². The third kappa shape index (κ3) is 3.47. The molecule has 19 heavy (non-hydrogen) atoms. The molecule has 0 aromatic carbocycles. The number of halogens is 4. The maximum Gasteiger partial charge on any atom is 0.416 e. The molecule has 0 radical (unpaired) electrons. The van der Waals surface area contributed by atoms with Gasteiger partial charge in [0.1, 0.15) is 11.6 Å². The van der Waals surface area contributed by atoms with Gasteiger partial charge in [0.25, 0.3) is 0 Å². The molecule has 0 saturated carbocycles.